The van der Waals surface area contributed by atoms with Crippen LogP contribution in [0.1, 0.15) is 5.56 Å². The second kappa shape index (κ2) is 5.36. The summed E-state index contributed by atoms with van der Waals surface area (Å²) in [4.78, 5) is 4.34. The van der Waals surface area contributed by atoms with Crippen LogP contribution in [0.5, 0.6) is 0 Å². The first-order chi connectivity index (χ1) is 10.4. The zero-order valence-electron chi connectivity index (χ0n) is 11.8. The number of aromatic nitrogens is 3. The van der Waals surface area contributed by atoms with Crippen LogP contribution in [0, 0.1) is 6.92 Å². The van der Waals surface area contributed by atoms with Crippen LogP contribution >= 0.6 is 0 Å². The fourth-order valence-electron chi connectivity index (χ4n) is 2.11. The first kappa shape index (κ1) is 14.4. The van der Waals surface area contributed by atoms with E-state index in [1.54, 1.807) is 16.8 Å². The lowest BCUT2D eigenvalue weighted by Crippen LogP contribution is -2.12. The highest BCUT2D eigenvalue weighted by Crippen LogP contribution is 2.21. The molecule has 0 amide bonds. The highest BCUT2D eigenvalue weighted by Gasteiger charge is 2.11. The first-order valence-electron chi connectivity index (χ1n) is 6.55. The number of primary sulfonamides is 1. The molecular formula is C15H14N4O2S. The van der Waals surface area contributed by atoms with Crippen molar-refractivity contribution in [3.8, 4) is 17.1 Å². The van der Waals surface area contributed by atoms with E-state index in [0.717, 1.165) is 11.1 Å². The first-order valence-corrected chi connectivity index (χ1v) is 8.10. The van der Waals surface area contributed by atoms with Crippen molar-refractivity contribution in [2.24, 2.45) is 5.14 Å². The van der Waals surface area contributed by atoms with Crippen LogP contribution in [0.2, 0.25) is 0 Å². The van der Waals surface area contributed by atoms with Gasteiger partial charge in [-0.1, -0.05) is 29.8 Å². The smallest absolute Gasteiger partial charge is 0.225 e. The molecule has 0 unspecified atom stereocenters. The summed E-state index contributed by atoms with van der Waals surface area (Å²) in [5.41, 5.74) is 2.80. The molecule has 0 radical (unpaired) electrons. The summed E-state index contributed by atoms with van der Waals surface area (Å²) in [5.74, 6) is 0.684. The van der Waals surface area contributed by atoms with Crippen molar-refractivity contribution >= 4 is 10.0 Å². The highest BCUT2D eigenvalue weighted by atomic mass is 32.2. The van der Waals surface area contributed by atoms with E-state index >= 15 is 0 Å². The summed E-state index contributed by atoms with van der Waals surface area (Å²) >= 11 is 0. The van der Waals surface area contributed by atoms with Crippen molar-refractivity contribution in [2.45, 2.75) is 11.8 Å². The van der Waals surface area contributed by atoms with Gasteiger partial charge in [-0.15, -0.1) is 0 Å². The van der Waals surface area contributed by atoms with Gasteiger partial charge in [0.25, 0.3) is 0 Å². The van der Waals surface area contributed by atoms with Crippen molar-refractivity contribution in [1.29, 1.82) is 0 Å². The van der Waals surface area contributed by atoms with Crippen molar-refractivity contribution in [1.82, 2.24) is 14.8 Å². The third-order valence-electron chi connectivity index (χ3n) is 3.27. The predicted octanol–water partition coefficient (Wildman–Crippen LogP) is 1.89. The highest BCUT2D eigenvalue weighted by molar-refractivity contribution is 7.89. The lowest BCUT2D eigenvalue weighted by Gasteiger charge is -2.07. The van der Waals surface area contributed by atoms with Gasteiger partial charge in [-0.25, -0.2) is 23.2 Å². The molecule has 0 spiro atoms. The van der Waals surface area contributed by atoms with Crippen molar-refractivity contribution in [3.05, 3.63) is 60.4 Å². The third kappa shape index (κ3) is 2.76. The number of aryl methyl sites for hydroxylation is 1. The van der Waals surface area contributed by atoms with Gasteiger partial charge in [0.1, 0.15) is 6.33 Å². The Morgan fingerprint density at radius 3 is 2.23 bits per heavy atom. The van der Waals surface area contributed by atoms with Crippen molar-refractivity contribution in [2.75, 3.05) is 0 Å². The van der Waals surface area contributed by atoms with Gasteiger partial charge >= 0.3 is 0 Å². The maximum atomic E-state index is 11.3. The number of benzene rings is 2. The topological polar surface area (TPSA) is 90.9 Å². The van der Waals surface area contributed by atoms with E-state index in [1.807, 2.05) is 31.2 Å². The van der Waals surface area contributed by atoms with Gasteiger partial charge in [0.05, 0.1) is 10.6 Å². The molecule has 112 valence electrons. The average Bonchev–Trinajstić information content (AvgIpc) is 2.97. The molecule has 1 aromatic heterocycles. The summed E-state index contributed by atoms with van der Waals surface area (Å²) in [6.07, 6.45) is 1.46. The largest absolute Gasteiger partial charge is 0.238 e. The lowest BCUT2D eigenvalue weighted by molar-refractivity contribution is 0.598. The third-order valence-corrected chi connectivity index (χ3v) is 4.20. The lowest BCUT2D eigenvalue weighted by atomic mass is 10.1. The van der Waals surface area contributed by atoms with Gasteiger partial charge in [0.2, 0.25) is 10.0 Å². The minimum atomic E-state index is -3.70. The molecule has 2 N–H and O–H groups in total. The van der Waals surface area contributed by atoms with Crippen molar-refractivity contribution in [3.63, 3.8) is 0 Å². The molecular weight excluding hydrogens is 300 g/mol. The number of nitrogens with two attached hydrogens (primary N) is 1. The quantitative estimate of drug-likeness (QED) is 0.799. The Morgan fingerprint density at radius 1 is 1.00 bits per heavy atom. The molecule has 0 aliphatic carbocycles. The predicted molar refractivity (Wildman–Crippen MR) is 82.9 cm³/mol. The Balaban J connectivity index is 2.03. The molecule has 1 heterocycles. The van der Waals surface area contributed by atoms with Crippen LogP contribution in [0.25, 0.3) is 17.1 Å². The number of hydrogen-bond acceptors (Lipinski definition) is 4. The summed E-state index contributed by atoms with van der Waals surface area (Å²) in [5, 5.41) is 9.30. The van der Waals surface area contributed by atoms with Crippen LogP contribution < -0.4 is 5.14 Å². The minimum Gasteiger partial charge on any atom is -0.225 e. The van der Waals surface area contributed by atoms with E-state index < -0.39 is 10.0 Å². The van der Waals surface area contributed by atoms with Gasteiger partial charge in [0, 0.05) is 5.56 Å². The Hall–Kier alpha value is -2.51. The van der Waals surface area contributed by atoms with Gasteiger partial charge < -0.3 is 0 Å². The van der Waals surface area contributed by atoms with Gasteiger partial charge in [0.15, 0.2) is 5.82 Å². The number of hydrogen-bond donors (Lipinski definition) is 1. The summed E-state index contributed by atoms with van der Waals surface area (Å²) in [6.45, 7) is 2.01. The van der Waals surface area contributed by atoms with Gasteiger partial charge in [-0.2, -0.15) is 5.10 Å². The molecule has 0 aliphatic rings. The fourth-order valence-corrected chi connectivity index (χ4v) is 2.62. The van der Waals surface area contributed by atoms with E-state index in [-0.39, 0.29) is 4.90 Å². The van der Waals surface area contributed by atoms with E-state index in [9.17, 15) is 8.42 Å². The zero-order chi connectivity index (χ0) is 15.7. The number of sulfonamides is 1. The zero-order valence-corrected chi connectivity index (χ0v) is 12.7. The van der Waals surface area contributed by atoms with Crippen LogP contribution in [0.3, 0.4) is 0 Å². The van der Waals surface area contributed by atoms with Gasteiger partial charge in [-0.05, 0) is 31.2 Å². The van der Waals surface area contributed by atoms with E-state index in [1.165, 1.54) is 18.5 Å². The molecule has 0 atom stereocenters. The SMILES string of the molecule is Cc1ccc(-c2ncnn2-c2ccc(S(N)(=O)=O)cc2)cc1. The fraction of sp³-hybridized carbons (Fsp3) is 0.0667. The number of rotatable bonds is 3. The minimum absolute atomic E-state index is 0.0632. The maximum Gasteiger partial charge on any atom is 0.238 e. The standard InChI is InChI=1S/C15H14N4O2S/c1-11-2-4-12(5-3-11)15-17-10-18-19(15)13-6-8-14(9-7-13)22(16,20)21/h2-10H,1H3,(H2,16,20,21). The second-order valence-electron chi connectivity index (χ2n) is 4.90. The molecule has 3 aromatic rings. The van der Waals surface area contributed by atoms with E-state index in [4.69, 9.17) is 5.14 Å². The summed E-state index contributed by atoms with van der Waals surface area (Å²) in [7, 11) is -3.70. The molecule has 2 aromatic carbocycles. The number of nitrogens with zero attached hydrogens (tertiary/aromatic N) is 3. The van der Waals surface area contributed by atoms with E-state index in [2.05, 4.69) is 10.1 Å². The molecule has 0 bridgehead atoms. The average molecular weight is 314 g/mol. The molecule has 0 saturated heterocycles. The summed E-state index contributed by atoms with van der Waals surface area (Å²) in [6, 6.07) is 14.1. The van der Waals surface area contributed by atoms with Crippen LogP contribution in [0.15, 0.2) is 59.8 Å². The normalized spacial score (nSPS) is 11.5. The van der Waals surface area contributed by atoms with Gasteiger partial charge in [-0.3, -0.25) is 0 Å². The molecule has 3 rings (SSSR count). The molecule has 22 heavy (non-hydrogen) atoms. The van der Waals surface area contributed by atoms with Crippen molar-refractivity contribution < 1.29 is 8.42 Å². The summed E-state index contributed by atoms with van der Waals surface area (Å²) < 4.78 is 24.2. The second-order valence-corrected chi connectivity index (χ2v) is 6.46. The van der Waals surface area contributed by atoms with Crippen LogP contribution in [0.4, 0.5) is 0 Å². The molecule has 7 heteroatoms. The molecule has 6 nitrogen and oxygen atoms in total. The van der Waals surface area contributed by atoms with Crippen LogP contribution in [-0.4, -0.2) is 23.2 Å². The Labute approximate surface area is 128 Å². The Morgan fingerprint density at radius 2 is 1.64 bits per heavy atom. The van der Waals surface area contributed by atoms with Crippen LogP contribution in [-0.2, 0) is 10.0 Å². The Kier molecular flexibility index (Phi) is 3.51. The molecule has 0 saturated carbocycles. The Bertz CT molecular complexity index is 897. The van der Waals surface area contributed by atoms with E-state index in [0.29, 0.717) is 11.5 Å². The molecule has 0 aliphatic heterocycles. The monoisotopic (exact) mass is 314 g/mol. The maximum absolute atomic E-state index is 11.3. The molecule has 0 fully saturated rings.